The van der Waals surface area contributed by atoms with Crippen molar-refractivity contribution in [2.24, 2.45) is 0 Å². The highest BCUT2D eigenvalue weighted by atomic mass is 79.9. The van der Waals surface area contributed by atoms with Gasteiger partial charge in [0.05, 0.1) is 11.5 Å². The van der Waals surface area contributed by atoms with Gasteiger partial charge in [0, 0.05) is 22.4 Å². The van der Waals surface area contributed by atoms with Crippen LogP contribution in [0.2, 0.25) is 0 Å². The minimum Gasteiger partial charge on any atom is -0.385 e. The molecule has 1 aromatic heterocycles. The van der Waals surface area contributed by atoms with E-state index in [1.165, 1.54) is 0 Å². The van der Waals surface area contributed by atoms with Crippen molar-refractivity contribution in [2.45, 2.75) is 0 Å². The third kappa shape index (κ3) is 0.759. The molecular weight excluding hydrogens is 194 g/mol. The quantitative estimate of drug-likeness (QED) is 0.578. The maximum atomic E-state index is 3.91. The number of halogens is 1. The molecule has 52 valence electrons. The molecule has 2 heterocycles. The van der Waals surface area contributed by atoms with Crippen LogP contribution in [0.5, 0.6) is 0 Å². The Morgan fingerprint density at radius 2 is 2.50 bits per heavy atom. The zero-order chi connectivity index (χ0) is 6.97. The summed E-state index contributed by atoms with van der Waals surface area (Å²) >= 11 is 3.44. The molecular formula is C6H6BrN3. The minimum atomic E-state index is 0.854. The van der Waals surface area contributed by atoms with Crippen molar-refractivity contribution in [3.63, 3.8) is 0 Å². The van der Waals surface area contributed by atoms with Gasteiger partial charge in [-0.25, -0.2) is 0 Å². The number of rotatable bonds is 0. The van der Waals surface area contributed by atoms with Crippen LogP contribution in [0.3, 0.4) is 0 Å². The second-order valence-corrected chi connectivity index (χ2v) is 3.08. The molecule has 0 spiro atoms. The summed E-state index contributed by atoms with van der Waals surface area (Å²) in [6.07, 6.45) is 3.74. The Morgan fingerprint density at radius 3 is 3.30 bits per heavy atom. The van der Waals surface area contributed by atoms with Crippen molar-refractivity contribution >= 4 is 26.6 Å². The zero-order valence-electron chi connectivity index (χ0n) is 5.19. The number of hydrogen-bond donors (Lipinski definition) is 2. The lowest BCUT2D eigenvalue weighted by Gasteiger charge is -2.01. The fourth-order valence-electron chi connectivity index (χ4n) is 0.960. The van der Waals surface area contributed by atoms with Gasteiger partial charge in [-0.05, 0) is 0 Å². The second kappa shape index (κ2) is 2.12. The van der Waals surface area contributed by atoms with Gasteiger partial charge in [0.2, 0.25) is 0 Å². The van der Waals surface area contributed by atoms with Crippen molar-refractivity contribution in [2.75, 3.05) is 6.54 Å². The first-order chi connectivity index (χ1) is 4.88. The summed E-state index contributed by atoms with van der Waals surface area (Å²) in [7, 11) is 0. The first-order valence-corrected chi connectivity index (χ1v) is 3.79. The molecule has 1 aliphatic heterocycles. The van der Waals surface area contributed by atoms with Crippen molar-refractivity contribution in [1.29, 1.82) is 0 Å². The van der Waals surface area contributed by atoms with E-state index in [2.05, 4.69) is 31.4 Å². The molecule has 0 aromatic carbocycles. The van der Waals surface area contributed by atoms with E-state index in [1.807, 2.05) is 12.4 Å². The van der Waals surface area contributed by atoms with E-state index in [-0.39, 0.29) is 0 Å². The Bertz CT molecular complexity index is 351. The molecule has 0 saturated carbocycles. The first-order valence-electron chi connectivity index (χ1n) is 2.99. The van der Waals surface area contributed by atoms with E-state index in [1.54, 1.807) is 0 Å². The molecule has 1 aromatic rings. The fraction of sp³-hybridized carbons (Fsp3) is 0.167. The predicted molar refractivity (Wildman–Crippen MR) is 42.6 cm³/mol. The minimum absolute atomic E-state index is 0.854. The van der Waals surface area contributed by atoms with Crippen LogP contribution >= 0.6 is 15.9 Å². The monoisotopic (exact) mass is 199 g/mol. The molecule has 0 amide bonds. The van der Waals surface area contributed by atoms with Gasteiger partial charge in [-0.3, -0.25) is 5.10 Å². The van der Waals surface area contributed by atoms with Crippen LogP contribution in [-0.2, 0) is 0 Å². The van der Waals surface area contributed by atoms with Crippen molar-refractivity contribution in [3.05, 3.63) is 16.8 Å². The van der Waals surface area contributed by atoms with Crippen LogP contribution < -0.4 is 15.9 Å². The van der Waals surface area contributed by atoms with Gasteiger partial charge in [0.15, 0.2) is 0 Å². The van der Waals surface area contributed by atoms with Crippen LogP contribution in [-0.4, -0.2) is 16.7 Å². The molecule has 0 bridgehead atoms. The average molecular weight is 200 g/mol. The van der Waals surface area contributed by atoms with E-state index in [4.69, 9.17) is 0 Å². The molecule has 2 rings (SSSR count). The summed E-state index contributed by atoms with van der Waals surface area (Å²) < 4.78 is 1.15. The smallest absolute Gasteiger partial charge is 0.0815 e. The number of nitrogens with one attached hydrogen (secondary N) is 2. The molecule has 0 aliphatic carbocycles. The summed E-state index contributed by atoms with van der Waals surface area (Å²) in [5, 5.41) is 12.1. The maximum Gasteiger partial charge on any atom is 0.0815 e. The lowest BCUT2D eigenvalue weighted by atomic mass is 10.3. The van der Waals surface area contributed by atoms with Crippen LogP contribution in [0, 0.1) is 0 Å². The third-order valence-corrected chi connectivity index (χ3v) is 2.17. The number of H-pyrrole nitrogens is 1. The first kappa shape index (κ1) is 5.97. The Kier molecular flexibility index (Phi) is 1.27. The third-order valence-electron chi connectivity index (χ3n) is 1.46. The van der Waals surface area contributed by atoms with Gasteiger partial charge in [0.1, 0.15) is 0 Å². The summed E-state index contributed by atoms with van der Waals surface area (Å²) in [6, 6.07) is 0. The number of aromatic amines is 1. The highest BCUT2D eigenvalue weighted by molar-refractivity contribution is 9.14. The molecule has 10 heavy (non-hydrogen) atoms. The normalized spacial score (nSPS) is 15.5. The highest BCUT2D eigenvalue weighted by Crippen LogP contribution is 2.00. The SMILES string of the molecule is BrC1=c2cn[nH]c2=CNC1. The van der Waals surface area contributed by atoms with E-state index in [0.717, 1.165) is 21.6 Å². The van der Waals surface area contributed by atoms with Gasteiger partial charge >= 0.3 is 0 Å². The number of fused-ring (bicyclic) bond motifs is 1. The van der Waals surface area contributed by atoms with E-state index >= 15 is 0 Å². The van der Waals surface area contributed by atoms with Crippen LogP contribution in [0.25, 0.3) is 10.7 Å². The zero-order valence-corrected chi connectivity index (χ0v) is 6.77. The van der Waals surface area contributed by atoms with Crippen molar-refractivity contribution < 1.29 is 0 Å². The Morgan fingerprint density at radius 1 is 1.60 bits per heavy atom. The van der Waals surface area contributed by atoms with Crippen LogP contribution in [0.4, 0.5) is 0 Å². The second-order valence-electron chi connectivity index (χ2n) is 2.13. The average Bonchev–Trinajstić information content (AvgIpc) is 2.36. The Hall–Kier alpha value is -0.770. The summed E-state index contributed by atoms with van der Waals surface area (Å²) in [4.78, 5) is 0. The molecule has 0 atom stereocenters. The standard InChI is InChI=1S/C6H6BrN3/c7-5-2-8-3-6-4(5)1-9-10-6/h1,3,8,10H,2H2. The summed E-state index contributed by atoms with van der Waals surface area (Å²) in [5.41, 5.74) is 0. The molecule has 4 heteroatoms. The summed E-state index contributed by atoms with van der Waals surface area (Å²) in [6.45, 7) is 0.854. The van der Waals surface area contributed by atoms with Gasteiger partial charge in [-0.2, -0.15) is 5.10 Å². The van der Waals surface area contributed by atoms with Gasteiger partial charge in [0.25, 0.3) is 0 Å². The van der Waals surface area contributed by atoms with E-state index in [9.17, 15) is 0 Å². The largest absolute Gasteiger partial charge is 0.385 e. The van der Waals surface area contributed by atoms with Crippen LogP contribution in [0.15, 0.2) is 6.20 Å². The fourth-order valence-corrected chi connectivity index (χ4v) is 1.44. The predicted octanol–water partition coefficient (Wildman–Crippen LogP) is -0.746. The molecule has 0 unspecified atom stereocenters. The Balaban J connectivity index is 2.91. The number of hydrogen-bond acceptors (Lipinski definition) is 2. The van der Waals surface area contributed by atoms with Crippen molar-refractivity contribution in [3.8, 4) is 0 Å². The van der Waals surface area contributed by atoms with E-state index in [0.29, 0.717) is 0 Å². The van der Waals surface area contributed by atoms with Gasteiger partial charge < -0.3 is 5.32 Å². The number of aromatic nitrogens is 2. The number of nitrogens with zero attached hydrogens (tertiary/aromatic N) is 1. The Labute approximate surface area is 66.0 Å². The molecule has 0 saturated heterocycles. The van der Waals surface area contributed by atoms with Crippen LogP contribution in [0.1, 0.15) is 0 Å². The van der Waals surface area contributed by atoms with Crippen molar-refractivity contribution in [1.82, 2.24) is 15.5 Å². The topological polar surface area (TPSA) is 40.7 Å². The van der Waals surface area contributed by atoms with Gasteiger partial charge in [-0.15, -0.1) is 0 Å². The highest BCUT2D eigenvalue weighted by Gasteiger charge is 1.99. The molecule has 2 N–H and O–H groups in total. The summed E-state index contributed by atoms with van der Waals surface area (Å²) in [5.74, 6) is 0. The van der Waals surface area contributed by atoms with E-state index < -0.39 is 0 Å². The lowest BCUT2D eigenvalue weighted by molar-refractivity contribution is 1.01. The maximum absolute atomic E-state index is 3.91. The molecule has 0 radical (unpaired) electrons. The molecule has 3 nitrogen and oxygen atoms in total. The van der Waals surface area contributed by atoms with Gasteiger partial charge in [-0.1, -0.05) is 15.9 Å². The molecule has 0 fully saturated rings. The molecule has 1 aliphatic rings. The lowest BCUT2D eigenvalue weighted by Crippen LogP contribution is -2.33.